The van der Waals surface area contributed by atoms with Crippen molar-refractivity contribution < 1.29 is 42.5 Å². The topological polar surface area (TPSA) is 113 Å². The summed E-state index contributed by atoms with van der Waals surface area (Å²) >= 11 is 1.55. The maximum absolute atomic E-state index is 13.0. The molecular weight excluding hydrogens is 643 g/mol. The van der Waals surface area contributed by atoms with Crippen LogP contribution in [0, 0.1) is 11.8 Å². The first-order chi connectivity index (χ1) is 23.0. The molecule has 3 N–H and O–H groups in total. The second-order valence-electron chi connectivity index (χ2n) is 12.2. The molecule has 3 aromatic rings. The molecular formula is C37H42F3NO6S. The highest BCUT2D eigenvalue weighted by molar-refractivity contribution is 7.99. The maximum atomic E-state index is 13.0. The molecule has 48 heavy (non-hydrogen) atoms. The number of alkyl halides is 3. The van der Waals surface area contributed by atoms with E-state index in [1.54, 1.807) is 66.4 Å². The first kappa shape index (κ1) is 37.2. The van der Waals surface area contributed by atoms with Gasteiger partial charge in [-0.3, -0.25) is 14.4 Å². The van der Waals surface area contributed by atoms with Gasteiger partial charge in [-0.15, -0.1) is 0 Å². The lowest BCUT2D eigenvalue weighted by Crippen LogP contribution is -2.25. The van der Waals surface area contributed by atoms with Gasteiger partial charge in [-0.05, 0) is 80.1 Å². The van der Waals surface area contributed by atoms with Crippen LogP contribution in [0.15, 0.2) is 78.9 Å². The summed E-state index contributed by atoms with van der Waals surface area (Å²) in [6, 6.07) is 20.5. The molecule has 1 fully saturated rings. The number of unbranched alkanes of at least 4 members (excludes halogenated alkanes) is 3. The summed E-state index contributed by atoms with van der Waals surface area (Å²) in [7, 11) is 0. The second-order valence-corrected chi connectivity index (χ2v) is 13.4. The SMILES string of the molecule is O=C(CCCCCC[C@H]1C(=O)CC[C@@H]1SCC(CCc1cccc(C(F)(F)F)c1)C(O)O)Oc1ccc(NC(=O)c2ccccc2)cc1. The summed E-state index contributed by atoms with van der Waals surface area (Å²) in [5.74, 6) is -0.197. The van der Waals surface area contributed by atoms with Gasteiger partial charge in [0.15, 0.2) is 6.29 Å². The van der Waals surface area contributed by atoms with Crippen molar-refractivity contribution in [1.29, 1.82) is 0 Å². The number of aliphatic hydroxyl groups is 2. The summed E-state index contributed by atoms with van der Waals surface area (Å²) in [6.45, 7) is 0. The van der Waals surface area contributed by atoms with E-state index in [9.17, 15) is 37.8 Å². The molecule has 1 aliphatic carbocycles. The Hall–Kier alpha value is -3.67. The van der Waals surface area contributed by atoms with Gasteiger partial charge in [-0.25, -0.2) is 0 Å². The third-order valence-corrected chi connectivity index (χ3v) is 10.2. The zero-order valence-electron chi connectivity index (χ0n) is 26.7. The van der Waals surface area contributed by atoms with Gasteiger partial charge < -0.3 is 20.3 Å². The van der Waals surface area contributed by atoms with Crippen LogP contribution in [-0.4, -0.2) is 45.2 Å². The van der Waals surface area contributed by atoms with Crippen molar-refractivity contribution in [3.63, 3.8) is 0 Å². The molecule has 0 radical (unpaired) electrons. The zero-order valence-corrected chi connectivity index (χ0v) is 27.5. The molecule has 3 atom stereocenters. The fraction of sp³-hybridized carbons (Fsp3) is 0.432. The Kier molecular flexibility index (Phi) is 14.1. The number of aryl methyl sites for hydroxylation is 1. The highest BCUT2D eigenvalue weighted by Crippen LogP contribution is 2.38. The molecule has 7 nitrogen and oxygen atoms in total. The van der Waals surface area contributed by atoms with Gasteiger partial charge in [0, 0.05) is 46.9 Å². The van der Waals surface area contributed by atoms with Gasteiger partial charge in [0.05, 0.1) is 5.56 Å². The van der Waals surface area contributed by atoms with Gasteiger partial charge in [0.25, 0.3) is 5.91 Å². The molecule has 0 bridgehead atoms. The molecule has 0 spiro atoms. The molecule has 0 aliphatic heterocycles. The number of carbonyl (C=O) groups excluding carboxylic acids is 3. The van der Waals surface area contributed by atoms with Crippen LogP contribution < -0.4 is 10.1 Å². The number of halogens is 3. The average Bonchev–Trinajstić information content (AvgIpc) is 3.42. The van der Waals surface area contributed by atoms with E-state index < -0.39 is 23.9 Å². The van der Waals surface area contributed by atoms with Crippen LogP contribution in [0.5, 0.6) is 5.75 Å². The number of nitrogens with one attached hydrogen (secondary N) is 1. The zero-order chi connectivity index (χ0) is 34.5. The Balaban J connectivity index is 1.12. The van der Waals surface area contributed by atoms with Crippen molar-refractivity contribution in [1.82, 2.24) is 0 Å². The number of rotatable bonds is 17. The van der Waals surface area contributed by atoms with Crippen LogP contribution in [-0.2, 0) is 22.2 Å². The minimum Gasteiger partial charge on any atom is -0.427 e. The van der Waals surface area contributed by atoms with Gasteiger partial charge in [0.2, 0.25) is 0 Å². The van der Waals surface area contributed by atoms with Crippen molar-refractivity contribution in [2.45, 2.75) is 81.9 Å². The van der Waals surface area contributed by atoms with Crippen LogP contribution in [0.4, 0.5) is 18.9 Å². The largest absolute Gasteiger partial charge is 0.427 e. The van der Waals surface area contributed by atoms with Crippen LogP contribution >= 0.6 is 11.8 Å². The van der Waals surface area contributed by atoms with Gasteiger partial charge >= 0.3 is 12.1 Å². The summed E-state index contributed by atoms with van der Waals surface area (Å²) in [4.78, 5) is 37.2. The lowest BCUT2D eigenvalue weighted by molar-refractivity contribution is -0.137. The highest BCUT2D eigenvalue weighted by atomic mass is 32.2. The fourth-order valence-corrected chi connectivity index (χ4v) is 7.45. The smallest absolute Gasteiger partial charge is 0.416 e. The molecule has 1 saturated carbocycles. The number of Topliss-reactive ketones (excluding diaryl/α,β-unsaturated/α-hetero) is 1. The Bertz CT molecular complexity index is 1480. The van der Waals surface area contributed by atoms with Crippen LogP contribution in [0.1, 0.15) is 79.3 Å². The molecule has 3 aromatic carbocycles. The minimum atomic E-state index is -4.43. The number of carbonyl (C=O) groups is 3. The first-order valence-corrected chi connectivity index (χ1v) is 17.4. The first-order valence-electron chi connectivity index (χ1n) is 16.3. The van der Waals surface area contributed by atoms with Crippen molar-refractivity contribution >= 4 is 35.1 Å². The van der Waals surface area contributed by atoms with Crippen LogP contribution in [0.2, 0.25) is 0 Å². The number of thioether (sulfide) groups is 1. The monoisotopic (exact) mass is 685 g/mol. The lowest BCUT2D eigenvalue weighted by atomic mass is 9.98. The summed E-state index contributed by atoms with van der Waals surface area (Å²) in [5.41, 5.74) is 0.895. The number of hydrogen-bond acceptors (Lipinski definition) is 7. The third kappa shape index (κ3) is 11.8. The van der Waals surface area contributed by atoms with E-state index in [2.05, 4.69) is 5.32 Å². The van der Waals surface area contributed by atoms with E-state index in [-0.39, 0.29) is 41.7 Å². The Morgan fingerprint density at radius 2 is 1.67 bits per heavy atom. The van der Waals surface area contributed by atoms with E-state index in [0.717, 1.165) is 44.2 Å². The number of ketones is 1. The van der Waals surface area contributed by atoms with Gasteiger partial charge in [-0.2, -0.15) is 24.9 Å². The average molecular weight is 686 g/mol. The Labute approximate surface area is 283 Å². The van der Waals surface area contributed by atoms with Crippen molar-refractivity contribution in [2.24, 2.45) is 11.8 Å². The van der Waals surface area contributed by atoms with E-state index in [1.165, 1.54) is 6.07 Å². The summed E-state index contributed by atoms with van der Waals surface area (Å²) in [6.07, 6.45) is -0.0620. The molecule has 11 heteroatoms. The number of hydrogen-bond donors (Lipinski definition) is 3. The van der Waals surface area contributed by atoms with Gasteiger partial charge in [-0.1, -0.05) is 55.7 Å². The normalized spacial score (nSPS) is 17.0. The second kappa shape index (κ2) is 18.2. The van der Waals surface area contributed by atoms with Crippen LogP contribution in [0.25, 0.3) is 0 Å². The molecule has 0 saturated heterocycles. The Morgan fingerprint density at radius 1 is 0.938 bits per heavy atom. The predicted molar refractivity (Wildman–Crippen MR) is 180 cm³/mol. The maximum Gasteiger partial charge on any atom is 0.416 e. The quantitative estimate of drug-likeness (QED) is 0.0574. The predicted octanol–water partition coefficient (Wildman–Crippen LogP) is 7.84. The van der Waals surface area contributed by atoms with E-state index in [0.29, 0.717) is 47.6 Å². The number of aliphatic hydroxyl groups excluding tert-OH is 1. The Morgan fingerprint density at radius 3 is 2.38 bits per heavy atom. The number of benzene rings is 3. The summed E-state index contributed by atoms with van der Waals surface area (Å²) < 4.78 is 44.6. The standard InChI is InChI=1S/C37H42F3NO6S/c38-37(39,40)28-12-8-9-25(23-28)15-16-27(36(45)46)24-48-33-22-21-32(42)31(33)13-6-1-2-7-14-34(43)47-30-19-17-29(18-20-30)41-35(44)26-10-4-3-5-11-26/h3-5,8-12,17-20,23,27,31,33,36,45-46H,1-2,6-7,13-16,21-22,24H2,(H,41,44)/t27?,31-,33-/m0/s1. The minimum absolute atomic E-state index is 0.0698. The van der Waals surface area contributed by atoms with E-state index in [4.69, 9.17) is 4.74 Å². The van der Waals surface area contributed by atoms with E-state index in [1.807, 2.05) is 6.07 Å². The molecule has 0 heterocycles. The molecule has 258 valence electrons. The van der Waals surface area contributed by atoms with Crippen LogP contribution in [0.3, 0.4) is 0 Å². The molecule has 1 unspecified atom stereocenters. The molecule has 0 aromatic heterocycles. The lowest BCUT2D eigenvalue weighted by Gasteiger charge is -2.23. The number of ether oxygens (including phenoxy) is 1. The highest BCUT2D eigenvalue weighted by Gasteiger charge is 2.35. The summed E-state index contributed by atoms with van der Waals surface area (Å²) in [5, 5.41) is 22.7. The third-order valence-electron chi connectivity index (χ3n) is 8.57. The van der Waals surface area contributed by atoms with E-state index >= 15 is 0 Å². The number of amides is 1. The molecule has 1 amide bonds. The molecule has 1 aliphatic rings. The number of anilines is 1. The van der Waals surface area contributed by atoms with Crippen molar-refractivity contribution in [3.05, 3.63) is 95.6 Å². The molecule has 4 rings (SSSR count). The van der Waals surface area contributed by atoms with Crippen molar-refractivity contribution in [2.75, 3.05) is 11.1 Å². The fourth-order valence-electron chi connectivity index (χ4n) is 5.81. The van der Waals surface area contributed by atoms with Gasteiger partial charge in [0.1, 0.15) is 11.5 Å². The number of esters is 1. The van der Waals surface area contributed by atoms with Crippen molar-refractivity contribution in [3.8, 4) is 5.75 Å².